The molecule has 0 amide bonds. The van der Waals surface area contributed by atoms with Crippen LogP contribution in [0.5, 0.6) is 0 Å². The molecule has 2 rings (SSSR count). The van der Waals surface area contributed by atoms with Crippen molar-refractivity contribution in [2.24, 2.45) is 0 Å². The third-order valence-electron chi connectivity index (χ3n) is 2.17. The van der Waals surface area contributed by atoms with Crippen LogP contribution in [0.4, 0.5) is 0 Å². The zero-order valence-corrected chi connectivity index (χ0v) is 13.1. The molecule has 4 heteroatoms. The second kappa shape index (κ2) is 6.14. The highest BCUT2D eigenvalue weighted by Gasteiger charge is 1.97. The van der Waals surface area contributed by atoms with Gasteiger partial charge in [-0.25, -0.2) is 0 Å². The average molecular weight is 408 g/mol. The number of halogens is 2. The van der Waals surface area contributed by atoms with Crippen LogP contribution >= 0.6 is 49.9 Å². The number of thiophene rings is 1. The molecule has 0 atom stereocenters. The van der Waals surface area contributed by atoms with Crippen molar-refractivity contribution < 1.29 is 0 Å². The normalized spacial score (nSPS) is 10.6. The molecule has 0 spiro atoms. The molecular formula is C12H11BrINS. The van der Waals surface area contributed by atoms with Crippen LogP contribution in [-0.2, 0) is 13.1 Å². The Labute approximate surface area is 122 Å². The first-order chi connectivity index (χ1) is 7.74. The molecule has 0 fully saturated rings. The molecule has 0 saturated heterocycles. The number of hydrogen-bond acceptors (Lipinski definition) is 2. The molecule has 1 aromatic carbocycles. The van der Waals surface area contributed by atoms with Crippen LogP contribution in [0.1, 0.15) is 10.4 Å². The van der Waals surface area contributed by atoms with E-state index in [1.54, 1.807) is 11.3 Å². The van der Waals surface area contributed by atoms with Gasteiger partial charge in [0.25, 0.3) is 0 Å². The molecule has 1 N–H and O–H groups in total. The van der Waals surface area contributed by atoms with Gasteiger partial charge in [0.2, 0.25) is 0 Å². The summed E-state index contributed by atoms with van der Waals surface area (Å²) in [5, 5.41) is 3.44. The fourth-order valence-corrected chi connectivity index (χ4v) is 3.19. The van der Waals surface area contributed by atoms with E-state index in [9.17, 15) is 0 Å². The first-order valence-electron chi connectivity index (χ1n) is 4.93. The minimum Gasteiger partial charge on any atom is -0.308 e. The first kappa shape index (κ1) is 12.5. The fraction of sp³-hybridized carbons (Fsp3) is 0.167. The van der Waals surface area contributed by atoms with E-state index < -0.39 is 0 Å². The van der Waals surface area contributed by atoms with Crippen molar-refractivity contribution in [2.45, 2.75) is 13.1 Å². The maximum absolute atomic E-state index is 3.47. The van der Waals surface area contributed by atoms with E-state index in [4.69, 9.17) is 0 Å². The van der Waals surface area contributed by atoms with E-state index in [1.165, 1.54) is 17.8 Å². The van der Waals surface area contributed by atoms with E-state index in [2.05, 4.69) is 80.2 Å². The zero-order valence-electron chi connectivity index (χ0n) is 8.54. The third kappa shape index (κ3) is 3.84. The van der Waals surface area contributed by atoms with Crippen LogP contribution in [0.25, 0.3) is 0 Å². The van der Waals surface area contributed by atoms with Gasteiger partial charge in [0.1, 0.15) is 0 Å². The molecule has 84 valence electrons. The highest BCUT2D eigenvalue weighted by molar-refractivity contribution is 14.1. The summed E-state index contributed by atoms with van der Waals surface area (Å²) in [5.74, 6) is 0. The smallest absolute Gasteiger partial charge is 0.0701 e. The lowest BCUT2D eigenvalue weighted by molar-refractivity contribution is 0.701. The van der Waals surface area contributed by atoms with E-state index in [1.807, 2.05) is 0 Å². The average Bonchev–Trinajstić information content (AvgIpc) is 2.67. The molecule has 0 aliphatic rings. The number of nitrogens with one attached hydrogen (secondary N) is 1. The van der Waals surface area contributed by atoms with Gasteiger partial charge in [-0.2, -0.15) is 0 Å². The second-order valence-electron chi connectivity index (χ2n) is 3.44. The van der Waals surface area contributed by atoms with Crippen LogP contribution in [0, 0.1) is 3.57 Å². The minimum absolute atomic E-state index is 0.923. The molecule has 0 aliphatic heterocycles. The van der Waals surface area contributed by atoms with Gasteiger partial charge in [-0.15, -0.1) is 11.3 Å². The van der Waals surface area contributed by atoms with Crippen LogP contribution in [0.2, 0.25) is 0 Å². The fourth-order valence-electron chi connectivity index (χ4n) is 1.38. The second-order valence-corrected chi connectivity index (χ2v) is 7.23. The Bertz CT molecular complexity index is 452. The lowest BCUT2D eigenvalue weighted by Gasteiger charge is -2.03. The Morgan fingerprint density at radius 2 is 1.81 bits per heavy atom. The minimum atomic E-state index is 0.923. The zero-order chi connectivity index (χ0) is 11.4. The summed E-state index contributed by atoms with van der Waals surface area (Å²) in [7, 11) is 0. The van der Waals surface area contributed by atoms with Gasteiger partial charge < -0.3 is 5.32 Å². The Morgan fingerprint density at radius 3 is 2.44 bits per heavy atom. The van der Waals surface area contributed by atoms with Gasteiger partial charge in [0.15, 0.2) is 0 Å². The summed E-state index contributed by atoms with van der Waals surface area (Å²) in [6, 6.07) is 12.8. The predicted molar refractivity (Wildman–Crippen MR) is 81.7 cm³/mol. The van der Waals surface area contributed by atoms with Gasteiger partial charge in [-0.05, 0) is 68.3 Å². The van der Waals surface area contributed by atoms with E-state index in [0.29, 0.717) is 0 Å². The lowest BCUT2D eigenvalue weighted by atomic mass is 10.2. The predicted octanol–water partition coefficient (Wildman–Crippen LogP) is 4.41. The van der Waals surface area contributed by atoms with Crippen molar-refractivity contribution in [3.8, 4) is 0 Å². The molecule has 2 aromatic rings. The van der Waals surface area contributed by atoms with Crippen LogP contribution in [0.15, 0.2) is 40.2 Å². The van der Waals surface area contributed by atoms with E-state index in [-0.39, 0.29) is 0 Å². The van der Waals surface area contributed by atoms with Crippen molar-refractivity contribution >= 4 is 49.9 Å². The van der Waals surface area contributed by atoms with E-state index >= 15 is 0 Å². The molecule has 1 nitrogen and oxygen atoms in total. The van der Waals surface area contributed by atoms with Gasteiger partial charge in [0.05, 0.1) is 3.79 Å². The van der Waals surface area contributed by atoms with Crippen LogP contribution in [0.3, 0.4) is 0 Å². The number of hydrogen-bond donors (Lipinski definition) is 1. The Morgan fingerprint density at radius 1 is 1.06 bits per heavy atom. The summed E-state index contributed by atoms with van der Waals surface area (Å²) in [6.45, 7) is 1.86. The SMILES string of the molecule is Brc1ccc(CNCc2ccc(I)cc2)s1. The maximum atomic E-state index is 3.47. The van der Waals surface area contributed by atoms with E-state index in [0.717, 1.165) is 13.1 Å². The van der Waals surface area contributed by atoms with Crippen LogP contribution in [-0.4, -0.2) is 0 Å². The Balaban J connectivity index is 1.82. The van der Waals surface area contributed by atoms with Crippen molar-refractivity contribution in [2.75, 3.05) is 0 Å². The molecule has 0 radical (unpaired) electrons. The summed E-state index contributed by atoms with van der Waals surface area (Å²) < 4.78 is 2.47. The number of rotatable bonds is 4. The molecule has 1 aromatic heterocycles. The largest absolute Gasteiger partial charge is 0.308 e. The molecule has 1 heterocycles. The van der Waals surface area contributed by atoms with Gasteiger partial charge in [-0.1, -0.05) is 12.1 Å². The van der Waals surface area contributed by atoms with Crippen molar-refractivity contribution in [3.05, 3.63) is 54.2 Å². The number of benzene rings is 1. The van der Waals surface area contributed by atoms with Gasteiger partial charge in [-0.3, -0.25) is 0 Å². The highest BCUT2D eigenvalue weighted by Crippen LogP contribution is 2.21. The van der Waals surface area contributed by atoms with Gasteiger partial charge in [0, 0.05) is 21.5 Å². The molecule has 0 saturated carbocycles. The molecule has 0 bridgehead atoms. The molecule has 16 heavy (non-hydrogen) atoms. The van der Waals surface area contributed by atoms with Crippen molar-refractivity contribution in [1.82, 2.24) is 5.32 Å². The summed E-state index contributed by atoms with van der Waals surface area (Å²) in [4.78, 5) is 1.36. The lowest BCUT2D eigenvalue weighted by Crippen LogP contribution is -2.11. The molecule has 0 aliphatic carbocycles. The quantitative estimate of drug-likeness (QED) is 0.740. The summed E-state index contributed by atoms with van der Waals surface area (Å²) in [6.07, 6.45) is 0. The first-order valence-corrected chi connectivity index (χ1v) is 7.62. The van der Waals surface area contributed by atoms with Gasteiger partial charge >= 0.3 is 0 Å². The van der Waals surface area contributed by atoms with Crippen LogP contribution < -0.4 is 5.32 Å². The molecule has 0 unspecified atom stereocenters. The monoisotopic (exact) mass is 407 g/mol. The topological polar surface area (TPSA) is 12.0 Å². The maximum Gasteiger partial charge on any atom is 0.0701 e. The standard InChI is InChI=1S/C12H11BrINS/c13-12-6-5-11(16-12)8-15-7-9-1-3-10(14)4-2-9/h1-6,15H,7-8H2. The molecular weight excluding hydrogens is 397 g/mol. The Hall–Kier alpha value is 0.0900. The van der Waals surface area contributed by atoms with Crippen molar-refractivity contribution in [1.29, 1.82) is 0 Å². The summed E-state index contributed by atoms with van der Waals surface area (Å²) >= 11 is 7.57. The third-order valence-corrected chi connectivity index (χ3v) is 4.51. The van der Waals surface area contributed by atoms with Crippen molar-refractivity contribution in [3.63, 3.8) is 0 Å². The highest BCUT2D eigenvalue weighted by atomic mass is 127. The summed E-state index contributed by atoms with van der Waals surface area (Å²) in [5.41, 5.74) is 1.33. The Kier molecular flexibility index (Phi) is 4.81.